The molecule has 0 saturated carbocycles. The van der Waals surface area contributed by atoms with E-state index in [0.29, 0.717) is 22.1 Å². The molecule has 1 rings (SSSR count). The molecule has 0 heterocycles. The summed E-state index contributed by atoms with van der Waals surface area (Å²) in [5, 5.41) is 14.9. The molecule has 8 nitrogen and oxygen atoms in total. The minimum atomic E-state index is -1.66. The van der Waals surface area contributed by atoms with Gasteiger partial charge in [0.2, 0.25) is 17.4 Å². The Hall–Kier alpha value is -0.710. The van der Waals surface area contributed by atoms with Gasteiger partial charge in [-0.3, -0.25) is 9.59 Å². The average Bonchev–Trinajstić information content (AvgIpc) is 2.59. The first-order valence-electron chi connectivity index (χ1n) is 8.14. The maximum Gasteiger partial charge on any atom is 0.348 e. The first-order chi connectivity index (χ1) is 12.9. The molecule has 154 valence electrons. The lowest BCUT2D eigenvalue weighted by Gasteiger charge is -2.28. The van der Waals surface area contributed by atoms with Crippen LogP contribution in [-0.2, 0) is 19.1 Å². The maximum absolute atomic E-state index is 13.0. The van der Waals surface area contributed by atoms with Crippen LogP contribution in [0.15, 0.2) is 0 Å². The van der Waals surface area contributed by atoms with Crippen molar-refractivity contribution in [1.29, 1.82) is 0 Å². The minimum absolute atomic E-state index is 0.0849. The molecular formula is C17H19I3N2O6. The molecule has 0 saturated heterocycles. The molecule has 0 unspecified atom stereocenters. The molecule has 0 radical (unpaired) electrons. The number of ether oxygens (including phenoxy) is 1. The zero-order valence-corrected chi connectivity index (χ0v) is 22.0. The van der Waals surface area contributed by atoms with Crippen LogP contribution in [0.4, 0.5) is 11.4 Å². The highest BCUT2D eigenvalue weighted by Gasteiger charge is 2.40. The van der Waals surface area contributed by atoms with Crippen molar-refractivity contribution in [3.8, 4) is 0 Å². The van der Waals surface area contributed by atoms with Crippen molar-refractivity contribution < 1.29 is 29.0 Å². The Morgan fingerprint density at radius 3 is 1.57 bits per heavy atom. The largest absolute Gasteiger partial charge is 0.478 e. The molecule has 28 heavy (non-hydrogen) atoms. The van der Waals surface area contributed by atoms with Crippen LogP contribution < -0.4 is 10.6 Å². The minimum Gasteiger partial charge on any atom is -0.478 e. The van der Waals surface area contributed by atoms with Crippen molar-refractivity contribution in [2.24, 2.45) is 0 Å². The quantitative estimate of drug-likeness (QED) is 0.286. The van der Waals surface area contributed by atoms with Crippen LogP contribution in [0.3, 0.4) is 0 Å². The molecule has 0 atom stereocenters. The summed E-state index contributed by atoms with van der Waals surface area (Å²) in [5.74, 6) is -2.78. The number of hydrogen-bond acceptors (Lipinski definition) is 5. The average molecular weight is 728 g/mol. The van der Waals surface area contributed by atoms with E-state index in [-0.39, 0.29) is 30.2 Å². The van der Waals surface area contributed by atoms with E-state index < -0.39 is 17.5 Å². The standard InChI is InChI=1S/C17H19I3N2O6/c1-5-17(6-2,16(26)27)28-15(25)9-10(18)13(21-7(3)23)12(20)14(11(9)19)22-8(4)24/h5-6H2,1-4H3,(H,21,23)(H,22,24)(H,26,27). The van der Waals surface area contributed by atoms with E-state index in [1.807, 2.05) is 67.8 Å². The maximum atomic E-state index is 13.0. The summed E-state index contributed by atoms with van der Waals surface area (Å²) in [6.45, 7) is 5.90. The van der Waals surface area contributed by atoms with Crippen molar-refractivity contribution in [3.63, 3.8) is 0 Å². The number of esters is 1. The Balaban J connectivity index is 3.68. The van der Waals surface area contributed by atoms with Gasteiger partial charge in [0.1, 0.15) is 0 Å². The van der Waals surface area contributed by atoms with Gasteiger partial charge in [0, 0.05) is 13.8 Å². The fourth-order valence-electron chi connectivity index (χ4n) is 2.38. The van der Waals surface area contributed by atoms with E-state index in [0.717, 1.165) is 0 Å². The van der Waals surface area contributed by atoms with E-state index in [9.17, 15) is 24.3 Å². The van der Waals surface area contributed by atoms with Gasteiger partial charge in [-0.15, -0.1) is 0 Å². The normalized spacial score (nSPS) is 11.0. The number of carboxylic acids is 1. The predicted octanol–water partition coefficient (Wildman–Crippen LogP) is 4.22. The van der Waals surface area contributed by atoms with Crippen LogP contribution in [0.1, 0.15) is 50.9 Å². The fraction of sp³-hybridized carbons (Fsp3) is 0.412. The van der Waals surface area contributed by atoms with Crippen LogP contribution >= 0.6 is 67.8 Å². The van der Waals surface area contributed by atoms with Crippen molar-refractivity contribution in [1.82, 2.24) is 0 Å². The predicted molar refractivity (Wildman–Crippen MR) is 130 cm³/mol. The number of rotatable bonds is 7. The van der Waals surface area contributed by atoms with Crippen molar-refractivity contribution >= 4 is 103 Å². The van der Waals surface area contributed by atoms with Crippen LogP contribution in [0.5, 0.6) is 0 Å². The van der Waals surface area contributed by atoms with E-state index in [4.69, 9.17) is 4.74 Å². The van der Waals surface area contributed by atoms with Gasteiger partial charge in [0.15, 0.2) is 0 Å². The Labute approximate surface area is 203 Å². The van der Waals surface area contributed by atoms with Gasteiger partial charge in [-0.05, 0) is 80.6 Å². The zero-order chi connectivity index (χ0) is 21.8. The third-order valence-corrected chi connectivity index (χ3v) is 7.18. The van der Waals surface area contributed by atoms with Crippen LogP contribution in [0.2, 0.25) is 0 Å². The lowest BCUT2D eigenvalue weighted by atomic mass is 9.97. The van der Waals surface area contributed by atoms with Gasteiger partial charge < -0.3 is 20.5 Å². The van der Waals surface area contributed by atoms with Gasteiger partial charge >= 0.3 is 11.9 Å². The van der Waals surface area contributed by atoms with Crippen LogP contribution in [0.25, 0.3) is 0 Å². The molecule has 1 aromatic carbocycles. The lowest BCUT2D eigenvalue weighted by Crippen LogP contribution is -2.42. The SMILES string of the molecule is CCC(CC)(OC(=O)c1c(I)c(NC(C)=O)c(I)c(NC(C)=O)c1I)C(=O)O. The summed E-state index contributed by atoms with van der Waals surface area (Å²) >= 11 is 5.77. The fourth-order valence-corrected chi connectivity index (χ4v) is 6.53. The number of carboxylic acid groups (broad SMARTS) is 1. The molecule has 0 bridgehead atoms. The number of nitrogens with one attached hydrogen (secondary N) is 2. The number of anilines is 2. The highest BCUT2D eigenvalue weighted by molar-refractivity contribution is 14.1. The van der Waals surface area contributed by atoms with Gasteiger partial charge in [0.05, 0.1) is 27.6 Å². The van der Waals surface area contributed by atoms with Gasteiger partial charge in [-0.2, -0.15) is 0 Å². The van der Waals surface area contributed by atoms with Crippen molar-refractivity contribution in [2.75, 3.05) is 10.6 Å². The molecule has 0 aromatic heterocycles. The molecule has 11 heteroatoms. The van der Waals surface area contributed by atoms with Gasteiger partial charge in [-0.25, -0.2) is 9.59 Å². The number of carbonyl (C=O) groups excluding carboxylic acids is 3. The topological polar surface area (TPSA) is 122 Å². The second kappa shape index (κ2) is 10.4. The first-order valence-corrected chi connectivity index (χ1v) is 11.4. The van der Waals surface area contributed by atoms with Gasteiger partial charge in [0.25, 0.3) is 0 Å². The molecule has 0 aliphatic rings. The summed E-state index contributed by atoms with van der Waals surface area (Å²) < 4.78 is 6.77. The Morgan fingerprint density at radius 1 is 0.893 bits per heavy atom. The van der Waals surface area contributed by atoms with E-state index in [1.54, 1.807) is 13.8 Å². The molecule has 0 aliphatic heterocycles. The molecule has 0 fully saturated rings. The third-order valence-electron chi connectivity index (χ3n) is 3.94. The number of benzene rings is 1. The van der Waals surface area contributed by atoms with E-state index >= 15 is 0 Å². The smallest absolute Gasteiger partial charge is 0.348 e. The Kier molecular flexibility index (Phi) is 9.37. The molecule has 0 aliphatic carbocycles. The van der Waals surface area contributed by atoms with E-state index in [2.05, 4.69) is 10.6 Å². The lowest BCUT2D eigenvalue weighted by molar-refractivity contribution is -0.160. The first kappa shape index (κ1) is 25.3. The van der Waals surface area contributed by atoms with Crippen LogP contribution in [0, 0.1) is 10.7 Å². The number of amides is 2. The third kappa shape index (κ3) is 5.46. The van der Waals surface area contributed by atoms with E-state index in [1.165, 1.54) is 13.8 Å². The number of carbonyl (C=O) groups is 4. The second-order valence-electron chi connectivity index (χ2n) is 5.83. The number of aliphatic carboxylic acids is 1. The summed E-state index contributed by atoms with van der Waals surface area (Å²) in [4.78, 5) is 47.9. The van der Waals surface area contributed by atoms with Gasteiger partial charge in [-0.1, -0.05) is 13.8 Å². The summed E-state index contributed by atoms with van der Waals surface area (Å²) in [7, 11) is 0. The summed E-state index contributed by atoms with van der Waals surface area (Å²) in [6, 6.07) is 0. The number of halogens is 3. The van der Waals surface area contributed by atoms with Crippen LogP contribution in [-0.4, -0.2) is 34.5 Å². The highest BCUT2D eigenvalue weighted by Crippen LogP contribution is 2.40. The molecule has 2 amide bonds. The van der Waals surface area contributed by atoms with Crippen molar-refractivity contribution in [2.45, 2.75) is 46.1 Å². The second-order valence-corrected chi connectivity index (χ2v) is 9.06. The monoisotopic (exact) mass is 728 g/mol. The highest BCUT2D eigenvalue weighted by atomic mass is 127. The van der Waals surface area contributed by atoms with Crippen molar-refractivity contribution in [3.05, 3.63) is 16.3 Å². The zero-order valence-electron chi connectivity index (χ0n) is 15.5. The summed E-state index contributed by atoms with van der Waals surface area (Å²) in [5.41, 5.74) is -0.881. The Morgan fingerprint density at radius 2 is 1.29 bits per heavy atom. The molecule has 3 N–H and O–H groups in total. The molecular weight excluding hydrogens is 709 g/mol. The molecule has 1 aromatic rings. The molecule has 0 spiro atoms. The Bertz CT molecular complexity index is 794. The number of hydrogen-bond donors (Lipinski definition) is 3. The summed E-state index contributed by atoms with van der Waals surface area (Å²) in [6.07, 6.45) is 0.193.